The van der Waals surface area contributed by atoms with Gasteiger partial charge < -0.3 is 51.6 Å². The van der Waals surface area contributed by atoms with Crippen LogP contribution in [0.3, 0.4) is 0 Å². The lowest BCUT2D eigenvalue weighted by Gasteiger charge is -2.45. The summed E-state index contributed by atoms with van der Waals surface area (Å²) in [5, 5.41) is 58.4. The molecular formula is C16H32N2O8. The molecule has 10 nitrogen and oxygen atoms in total. The Labute approximate surface area is 152 Å². The second-order valence-electron chi connectivity index (χ2n) is 7.20. The summed E-state index contributed by atoms with van der Waals surface area (Å²) in [6.45, 7) is -1.38. The van der Waals surface area contributed by atoms with Crippen molar-refractivity contribution in [2.75, 3.05) is 26.4 Å². The van der Waals surface area contributed by atoms with Crippen LogP contribution >= 0.6 is 0 Å². The smallest absolute Gasteiger partial charge is 0.0985 e. The fourth-order valence-corrected chi connectivity index (χ4v) is 3.96. The number of aliphatic hydroxyl groups is 6. The van der Waals surface area contributed by atoms with Gasteiger partial charge in [-0.2, -0.15) is 0 Å². The molecule has 0 saturated carbocycles. The zero-order chi connectivity index (χ0) is 19.4. The molecule has 2 fully saturated rings. The maximum absolute atomic E-state index is 10.3. The predicted molar refractivity (Wildman–Crippen MR) is 89.8 cm³/mol. The van der Waals surface area contributed by atoms with Gasteiger partial charge in [0.1, 0.15) is 0 Å². The van der Waals surface area contributed by atoms with E-state index < -0.39 is 60.5 Å². The van der Waals surface area contributed by atoms with E-state index in [2.05, 4.69) is 0 Å². The van der Waals surface area contributed by atoms with Gasteiger partial charge in [-0.05, 0) is 12.8 Å². The molecule has 2 rings (SSSR count). The van der Waals surface area contributed by atoms with E-state index in [-0.39, 0.29) is 26.4 Å². The molecule has 0 spiro atoms. The van der Waals surface area contributed by atoms with Gasteiger partial charge in [0.25, 0.3) is 0 Å². The molecule has 0 aromatic carbocycles. The number of ether oxygens (including phenoxy) is 2. The molecule has 0 aromatic heterocycles. The summed E-state index contributed by atoms with van der Waals surface area (Å²) in [5.74, 6) is -1.24. The lowest BCUT2D eigenvalue weighted by atomic mass is 9.80. The molecule has 2 aliphatic heterocycles. The Morgan fingerprint density at radius 1 is 0.577 bits per heavy atom. The van der Waals surface area contributed by atoms with Gasteiger partial charge >= 0.3 is 0 Å². The van der Waals surface area contributed by atoms with Gasteiger partial charge in [-0.15, -0.1) is 0 Å². The lowest BCUT2D eigenvalue weighted by molar-refractivity contribution is -0.188. The van der Waals surface area contributed by atoms with Crippen LogP contribution in [-0.2, 0) is 9.47 Å². The molecule has 154 valence electrons. The molecule has 2 saturated heterocycles. The highest BCUT2D eigenvalue weighted by Gasteiger charge is 2.45. The molecule has 0 bridgehead atoms. The summed E-state index contributed by atoms with van der Waals surface area (Å²) in [6, 6.07) is -1.61. The first-order valence-electron chi connectivity index (χ1n) is 9.01. The highest BCUT2D eigenvalue weighted by Crippen LogP contribution is 2.32. The first-order chi connectivity index (χ1) is 12.4. The minimum atomic E-state index is -1.03. The van der Waals surface area contributed by atoms with Gasteiger partial charge in [0.2, 0.25) is 0 Å². The maximum atomic E-state index is 10.3. The molecule has 10 heteroatoms. The monoisotopic (exact) mass is 380 g/mol. The van der Waals surface area contributed by atoms with Crippen LogP contribution in [-0.4, -0.2) is 106 Å². The fraction of sp³-hybridized carbons (Fsp3) is 1.00. The molecule has 10 atom stereocenters. The Balaban J connectivity index is 2.04. The maximum Gasteiger partial charge on any atom is 0.0985 e. The number of rotatable bonds is 7. The van der Waals surface area contributed by atoms with Crippen molar-refractivity contribution >= 4 is 0 Å². The summed E-state index contributed by atoms with van der Waals surface area (Å²) in [4.78, 5) is 0. The number of aliphatic hydroxyl groups excluding tert-OH is 6. The van der Waals surface area contributed by atoms with Crippen LogP contribution in [0.25, 0.3) is 0 Å². The highest BCUT2D eigenvalue weighted by atomic mass is 16.5. The van der Waals surface area contributed by atoms with E-state index in [1.54, 1.807) is 0 Å². The van der Waals surface area contributed by atoms with E-state index >= 15 is 0 Å². The van der Waals surface area contributed by atoms with Crippen molar-refractivity contribution in [3.8, 4) is 0 Å². The Morgan fingerprint density at radius 3 is 1.19 bits per heavy atom. The van der Waals surface area contributed by atoms with Crippen LogP contribution in [0.2, 0.25) is 0 Å². The van der Waals surface area contributed by atoms with Crippen LogP contribution < -0.4 is 11.5 Å². The summed E-state index contributed by atoms with van der Waals surface area (Å²) < 4.78 is 11.5. The zero-order valence-electron chi connectivity index (χ0n) is 14.7. The van der Waals surface area contributed by atoms with E-state index in [1.807, 2.05) is 0 Å². The van der Waals surface area contributed by atoms with E-state index in [4.69, 9.17) is 20.9 Å². The fourth-order valence-electron chi connectivity index (χ4n) is 3.96. The molecule has 0 amide bonds. The molecule has 0 radical (unpaired) electrons. The summed E-state index contributed by atoms with van der Waals surface area (Å²) in [5.41, 5.74) is 11.7. The minimum Gasteiger partial charge on any atom is -0.396 e. The Morgan fingerprint density at radius 2 is 0.923 bits per heavy atom. The Hall–Kier alpha value is -0.400. The van der Waals surface area contributed by atoms with E-state index in [1.165, 1.54) is 0 Å². The molecule has 0 aliphatic carbocycles. The van der Waals surface area contributed by atoms with Crippen LogP contribution in [0, 0.1) is 11.8 Å². The van der Waals surface area contributed by atoms with Crippen molar-refractivity contribution in [3.05, 3.63) is 0 Å². The molecule has 0 aromatic rings. The predicted octanol–water partition coefficient (Wildman–Crippen LogP) is -4.12. The van der Waals surface area contributed by atoms with Crippen LogP contribution in [0.1, 0.15) is 12.8 Å². The van der Waals surface area contributed by atoms with E-state index in [0.29, 0.717) is 12.8 Å². The Bertz CT molecular complexity index is 393. The van der Waals surface area contributed by atoms with E-state index in [9.17, 15) is 30.6 Å². The molecule has 2 aliphatic rings. The normalized spacial score (nSPS) is 47.1. The Kier molecular flexibility index (Phi) is 8.16. The van der Waals surface area contributed by atoms with Gasteiger partial charge in [-0.3, -0.25) is 0 Å². The number of hydrogen-bond acceptors (Lipinski definition) is 10. The summed E-state index contributed by atoms with van der Waals surface area (Å²) >= 11 is 0. The van der Waals surface area contributed by atoms with Crippen LogP contribution in [0.15, 0.2) is 0 Å². The molecular weight excluding hydrogens is 348 g/mol. The first kappa shape index (κ1) is 21.9. The van der Waals surface area contributed by atoms with E-state index in [0.717, 1.165) is 0 Å². The third-order valence-corrected chi connectivity index (χ3v) is 5.70. The standard InChI is InChI=1S/C16H32N2O8/c17-13-11(5-21)25-9(7(3-19)15(13)23)1-2-10-8(4-20)16(24)14(18)12(6-22)26-10/h7-16,19-24H,1-6,17-18H2/t7-,8-,9+,10+,11-,12-,13+,14+,15-,16-/m1/s1. The largest absolute Gasteiger partial charge is 0.396 e. The number of hydrogen-bond donors (Lipinski definition) is 8. The topological polar surface area (TPSA) is 192 Å². The average Bonchev–Trinajstić information content (AvgIpc) is 2.65. The molecule has 0 unspecified atom stereocenters. The summed E-state index contributed by atoms with van der Waals surface area (Å²) in [6.07, 6.45) is -4.02. The van der Waals surface area contributed by atoms with Gasteiger partial charge in [0, 0.05) is 11.8 Å². The van der Waals surface area contributed by atoms with Gasteiger partial charge in [0.05, 0.1) is 75.1 Å². The second kappa shape index (κ2) is 9.69. The minimum absolute atomic E-state index is 0.334. The highest BCUT2D eigenvalue weighted by molar-refractivity contribution is 4.97. The van der Waals surface area contributed by atoms with Crippen molar-refractivity contribution in [1.29, 1.82) is 0 Å². The van der Waals surface area contributed by atoms with Gasteiger partial charge in [0.15, 0.2) is 0 Å². The SMILES string of the molecule is N[C@@H]1[C@H](O)[C@H](CO)[C@H](CC[C@@H]2O[C@H](CO)[C@H](N)[C@H](O)[C@@H]2CO)O[C@@H]1CO. The molecule has 2 heterocycles. The molecule has 10 N–H and O–H groups in total. The van der Waals surface area contributed by atoms with Crippen molar-refractivity contribution < 1.29 is 40.1 Å². The van der Waals surface area contributed by atoms with Crippen LogP contribution in [0.4, 0.5) is 0 Å². The summed E-state index contributed by atoms with van der Waals surface area (Å²) in [7, 11) is 0. The quantitative estimate of drug-likeness (QED) is 0.215. The van der Waals surface area contributed by atoms with Crippen molar-refractivity contribution in [2.24, 2.45) is 23.3 Å². The van der Waals surface area contributed by atoms with Gasteiger partial charge in [-0.25, -0.2) is 0 Å². The third-order valence-electron chi connectivity index (χ3n) is 5.70. The van der Waals surface area contributed by atoms with Gasteiger partial charge in [-0.1, -0.05) is 0 Å². The van der Waals surface area contributed by atoms with Crippen molar-refractivity contribution in [1.82, 2.24) is 0 Å². The van der Waals surface area contributed by atoms with Crippen molar-refractivity contribution in [2.45, 2.75) is 61.5 Å². The second-order valence-corrected chi connectivity index (χ2v) is 7.20. The van der Waals surface area contributed by atoms with Crippen molar-refractivity contribution in [3.63, 3.8) is 0 Å². The van der Waals surface area contributed by atoms with Crippen LogP contribution in [0.5, 0.6) is 0 Å². The zero-order valence-corrected chi connectivity index (χ0v) is 14.7. The molecule has 26 heavy (non-hydrogen) atoms. The lowest BCUT2D eigenvalue weighted by Crippen LogP contribution is -2.61. The first-order valence-corrected chi connectivity index (χ1v) is 9.01. The average molecular weight is 380 g/mol. The number of nitrogens with two attached hydrogens (primary N) is 2. The third kappa shape index (κ3) is 4.36.